The van der Waals surface area contributed by atoms with E-state index in [1.807, 2.05) is 0 Å². The first-order chi connectivity index (χ1) is 7.31. The van der Waals surface area contributed by atoms with E-state index in [9.17, 15) is 5.11 Å². The van der Waals surface area contributed by atoms with Crippen LogP contribution in [0, 0.1) is 0 Å². The van der Waals surface area contributed by atoms with Crippen LogP contribution in [0.2, 0.25) is 0 Å². The van der Waals surface area contributed by atoms with Crippen molar-refractivity contribution in [3.05, 3.63) is 24.5 Å². The first-order valence-electron chi connectivity index (χ1n) is 4.55. The van der Waals surface area contributed by atoms with Crippen LogP contribution < -0.4 is 5.73 Å². The van der Waals surface area contributed by atoms with Crippen LogP contribution in [-0.4, -0.2) is 21.8 Å². The summed E-state index contributed by atoms with van der Waals surface area (Å²) in [5.74, 6) is 0.575. The quantitative estimate of drug-likeness (QED) is 0.769. The Balaban J connectivity index is 2.17. The molecule has 2 heterocycles. The van der Waals surface area contributed by atoms with Gasteiger partial charge in [0, 0.05) is 0 Å². The molecule has 0 saturated heterocycles. The maximum Gasteiger partial charge on any atom is 0.255 e. The summed E-state index contributed by atoms with van der Waals surface area (Å²) >= 11 is 0. The SMILES string of the molecule is NCCC(O)c1nc(-c2ccoc2)no1. The summed E-state index contributed by atoms with van der Waals surface area (Å²) in [5.41, 5.74) is 6.02. The van der Waals surface area contributed by atoms with Crippen molar-refractivity contribution in [1.29, 1.82) is 0 Å². The maximum atomic E-state index is 9.53. The number of rotatable bonds is 4. The summed E-state index contributed by atoms with van der Waals surface area (Å²) in [6.07, 6.45) is 2.61. The Morgan fingerprint density at radius 2 is 2.40 bits per heavy atom. The normalized spacial score (nSPS) is 12.9. The van der Waals surface area contributed by atoms with E-state index in [4.69, 9.17) is 14.7 Å². The molecule has 0 saturated carbocycles. The van der Waals surface area contributed by atoms with Gasteiger partial charge in [0.2, 0.25) is 5.82 Å². The molecular formula is C9H11N3O3. The van der Waals surface area contributed by atoms with Crippen LogP contribution >= 0.6 is 0 Å². The largest absolute Gasteiger partial charge is 0.472 e. The first-order valence-corrected chi connectivity index (χ1v) is 4.55. The van der Waals surface area contributed by atoms with Crippen molar-refractivity contribution >= 4 is 0 Å². The summed E-state index contributed by atoms with van der Waals surface area (Å²) in [6.45, 7) is 0.366. The Morgan fingerprint density at radius 3 is 3.07 bits per heavy atom. The third-order valence-corrected chi connectivity index (χ3v) is 1.95. The summed E-state index contributed by atoms with van der Waals surface area (Å²) in [6, 6.07) is 1.71. The van der Waals surface area contributed by atoms with Gasteiger partial charge in [0.25, 0.3) is 5.89 Å². The highest BCUT2D eigenvalue weighted by atomic mass is 16.5. The van der Waals surface area contributed by atoms with Gasteiger partial charge in [0.05, 0.1) is 11.8 Å². The number of nitrogens with zero attached hydrogens (tertiary/aromatic N) is 2. The fourth-order valence-electron chi connectivity index (χ4n) is 1.16. The minimum atomic E-state index is -0.803. The number of aliphatic hydroxyl groups excluding tert-OH is 1. The molecule has 15 heavy (non-hydrogen) atoms. The second-order valence-corrected chi connectivity index (χ2v) is 3.06. The van der Waals surface area contributed by atoms with E-state index in [0.29, 0.717) is 24.4 Å². The third kappa shape index (κ3) is 2.05. The number of aliphatic hydroxyl groups is 1. The number of hydrogen-bond acceptors (Lipinski definition) is 6. The lowest BCUT2D eigenvalue weighted by atomic mass is 10.2. The molecule has 2 aromatic rings. The number of hydrogen-bond donors (Lipinski definition) is 2. The van der Waals surface area contributed by atoms with Crippen LogP contribution in [0.25, 0.3) is 11.4 Å². The molecule has 3 N–H and O–H groups in total. The van der Waals surface area contributed by atoms with Gasteiger partial charge >= 0.3 is 0 Å². The summed E-state index contributed by atoms with van der Waals surface area (Å²) < 4.78 is 9.78. The molecule has 6 nitrogen and oxygen atoms in total. The highest BCUT2D eigenvalue weighted by Crippen LogP contribution is 2.19. The molecule has 1 unspecified atom stereocenters. The predicted octanol–water partition coefficient (Wildman–Crippen LogP) is 0.712. The lowest BCUT2D eigenvalue weighted by molar-refractivity contribution is 0.127. The standard InChI is InChI=1S/C9H11N3O3/c10-3-1-7(13)9-11-8(12-15-9)6-2-4-14-5-6/h2,4-5,7,13H,1,3,10H2. The van der Waals surface area contributed by atoms with Gasteiger partial charge < -0.3 is 19.8 Å². The van der Waals surface area contributed by atoms with E-state index < -0.39 is 6.10 Å². The monoisotopic (exact) mass is 209 g/mol. The van der Waals surface area contributed by atoms with Gasteiger partial charge in [-0.2, -0.15) is 4.98 Å². The molecule has 0 amide bonds. The number of furan rings is 1. The molecule has 0 spiro atoms. The van der Waals surface area contributed by atoms with Crippen molar-refractivity contribution in [2.24, 2.45) is 5.73 Å². The molecule has 0 bridgehead atoms. The summed E-state index contributed by atoms with van der Waals surface area (Å²) in [5, 5.41) is 13.2. The lowest BCUT2D eigenvalue weighted by Gasteiger charge is -2.00. The lowest BCUT2D eigenvalue weighted by Crippen LogP contribution is -2.06. The molecule has 0 aromatic carbocycles. The second-order valence-electron chi connectivity index (χ2n) is 3.06. The van der Waals surface area contributed by atoms with E-state index in [1.54, 1.807) is 6.07 Å². The van der Waals surface area contributed by atoms with Crippen LogP contribution in [0.3, 0.4) is 0 Å². The van der Waals surface area contributed by atoms with E-state index in [0.717, 1.165) is 0 Å². The van der Waals surface area contributed by atoms with Crippen molar-refractivity contribution in [2.45, 2.75) is 12.5 Å². The molecule has 0 aliphatic heterocycles. The molecule has 0 aliphatic rings. The van der Waals surface area contributed by atoms with Crippen LogP contribution in [-0.2, 0) is 0 Å². The Morgan fingerprint density at radius 1 is 1.53 bits per heavy atom. The fraction of sp³-hybridized carbons (Fsp3) is 0.333. The van der Waals surface area contributed by atoms with Gasteiger partial charge in [-0.25, -0.2) is 0 Å². The Bertz CT molecular complexity index is 410. The molecule has 2 rings (SSSR count). The van der Waals surface area contributed by atoms with Crippen LogP contribution in [0.1, 0.15) is 18.4 Å². The molecule has 0 aliphatic carbocycles. The zero-order valence-corrected chi connectivity index (χ0v) is 7.96. The molecule has 80 valence electrons. The van der Waals surface area contributed by atoms with E-state index >= 15 is 0 Å². The van der Waals surface area contributed by atoms with Gasteiger partial charge in [-0.15, -0.1) is 0 Å². The minimum absolute atomic E-state index is 0.177. The van der Waals surface area contributed by atoms with Crippen LogP contribution in [0.5, 0.6) is 0 Å². The molecule has 1 atom stereocenters. The van der Waals surface area contributed by atoms with E-state index in [-0.39, 0.29) is 5.89 Å². The van der Waals surface area contributed by atoms with E-state index in [1.165, 1.54) is 12.5 Å². The molecule has 2 aromatic heterocycles. The van der Waals surface area contributed by atoms with Crippen molar-refractivity contribution in [1.82, 2.24) is 10.1 Å². The summed E-state index contributed by atoms with van der Waals surface area (Å²) in [7, 11) is 0. The van der Waals surface area contributed by atoms with E-state index in [2.05, 4.69) is 10.1 Å². The summed E-state index contributed by atoms with van der Waals surface area (Å²) in [4.78, 5) is 4.03. The predicted molar refractivity (Wildman–Crippen MR) is 50.6 cm³/mol. The molecule has 0 radical (unpaired) electrons. The third-order valence-electron chi connectivity index (χ3n) is 1.95. The fourth-order valence-corrected chi connectivity index (χ4v) is 1.16. The van der Waals surface area contributed by atoms with Crippen LogP contribution in [0.4, 0.5) is 0 Å². The zero-order valence-electron chi connectivity index (χ0n) is 7.96. The van der Waals surface area contributed by atoms with Crippen molar-refractivity contribution < 1.29 is 14.0 Å². The smallest absolute Gasteiger partial charge is 0.255 e. The first kappa shape index (κ1) is 9.88. The van der Waals surface area contributed by atoms with Crippen molar-refractivity contribution in [3.63, 3.8) is 0 Å². The van der Waals surface area contributed by atoms with Gasteiger partial charge in [-0.1, -0.05) is 5.16 Å². The van der Waals surface area contributed by atoms with Gasteiger partial charge in [0.1, 0.15) is 12.4 Å². The maximum absolute atomic E-state index is 9.53. The van der Waals surface area contributed by atoms with Gasteiger partial charge in [0.15, 0.2) is 0 Å². The van der Waals surface area contributed by atoms with Crippen molar-refractivity contribution in [3.8, 4) is 11.4 Å². The van der Waals surface area contributed by atoms with Crippen molar-refractivity contribution in [2.75, 3.05) is 6.54 Å². The Labute approximate surface area is 85.7 Å². The highest BCUT2D eigenvalue weighted by Gasteiger charge is 2.16. The molecule has 0 fully saturated rings. The Kier molecular flexibility index (Phi) is 2.79. The average Bonchev–Trinajstić information content (AvgIpc) is 2.89. The number of aromatic nitrogens is 2. The molecular weight excluding hydrogens is 198 g/mol. The van der Waals surface area contributed by atoms with Gasteiger partial charge in [-0.3, -0.25) is 0 Å². The van der Waals surface area contributed by atoms with Gasteiger partial charge in [-0.05, 0) is 19.0 Å². The minimum Gasteiger partial charge on any atom is -0.472 e. The zero-order chi connectivity index (χ0) is 10.7. The topological polar surface area (TPSA) is 98.3 Å². The Hall–Kier alpha value is -1.66. The van der Waals surface area contributed by atoms with Crippen LogP contribution in [0.15, 0.2) is 27.5 Å². The molecule has 6 heteroatoms. The second kappa shape index (κ2) is 4.24. The average molecular weight is 209 g/mol. The number of nitrogens with two attached hydrogens (primary N) is 1. The highest BCUT2D eigenvalue weighted by molar-refractivity contribution is 5.51.